The molecule has 1 saturated heterocycles. The third kappa shape index (κ3) is 3.78. The van der Waals surface area contributed by atoms with Gasteiger partial charge in [-0.05, 0) is 49.4 Å². The summed E-state index contributed by atoms with van der Waals surface area (Å²) in [7, 11) is 0. The average Bonchev–Trinajstić information content (AvgIpc) is 2.88. The Kier molecular flexibility index (Phi) is 4.64. The zero-order valence-corrected chi connectivity index (χ0v) is 13.9. The second kappa shape index (κ2) is 5.98. The molecule has 0 aliphatic carbocycles. The minimum atomic E-state index is -0.299. The van der Waals surface area contributed by atoms with E-state index in [0.29, 0.717) is 16.3 Å². The van der Waals surface area contributed by atoms with E-state index in [9.17, 15) is 4.79 Å². The van der Waals surface area contributed by atoms with E-state index < -0.39 is 0 Å². The van der Waals surface area contributed by atoms with Gasteiger partial charge in [-0.25, -0.2) is 0 Å². The molecule has 0 radical (unpaired) electrons. The van der Waals surface area contributed by atoms with E-state index in [1.807, 2.05) is 0 Å². The van der Waals surface area contributed by atoms with E-state index in [1.165, 1.54) is 0 Å². The summed E-state index contributed by atoms with van der Waals surface area (Å²) in [5, 5.41) is 3.80. The molecule has 1 aromatic carbocycles. The standard InChI is InChI=1S/C17H25ClN2O/c1-16(2,3)6-7-17(8-9-20-11-17)15(21)12-4-5-14(19)13(18)10-12/h4-5,10,20H,6-9,11,19H2,1-3H3/t17-/m1/s1. The van der Waals surface area contributed by atoms with Gasteiger partial charge in [-0.1, -0.05) is 32.4 Å². The van der Waals surface area contributed by atoms with Crippen LogP contribution in [0.3, 0.4) is 0 Å². The molecule has 1 atom stereocenters. The van der Waals surface area contributed by atoms with Crippen molar-refractivity contribution in [2.24, 2.45) is 10.8 Å². The molecule has 1 aliphatic heterocycles. The Morgan fingerprint density at radius 3 is 2.67 bits per heavy atom. The smallest absolute Gasteiger partial charge is 0.170 e. The van der Waals surface area contributed by atoms with E-state index in [4.69, 9.17) is 17.3 Å². The zero-order valence-electron chi connectivity index (χ0n) is 13.1. The van der Waals surface area contributed by atoms with Crippen molar-refractivity contribution in [3.63, 3.8) is 0 Å². The maximum absolute atomic E-state index is 13.0. The van der Waals surface area contributed by atoms with Crippen LogP contribution in [0.5, 0.6) is 0 Å². The van der Waals surface area contributed by atoms with Crippen LogP contribution in [0, 0.1) is 10.8 Å². The number of rotatable bonds is 4. The summed E-state index contributed by atoms with van der Waals surface area (Å²) in [6.45, 7) is 8.30. The van der Waals surface area contributed by atoms with E-state index in [-0.39, 0.29) is 16.6 Å². The number of nitrogens with one attached hydrogen (secondary N) is 1. The number of nitrogens with two attached hydrogens (primary N) is 1. The zero-order chi connectivity index (χ0) is 15.7. The molecule has 3 N–H and O–H groups in total. The van der Waals surface area contributed by atoms with Crippen molar-refractivity contribution in [1.82, 2.24) is 5.32 Å². The predicted molar refractivity (Wildman–Crippen MR) is 88.8 cm³/mol. The Balaban J connectivity index is 2.24. The number of carbonyl (C=O) groups excluding carboxylic acids is 1. The SMILES string of the molecule is CC(C)(C)CC[C@@]1(C(=O)c2ccc(N)c(Cl)c2)CCNC1. The molecule has 0 unspecified atom stereocenters. The highest BCUT2D eigenvalue weighted by atomic mass is 35.5. The molecule has 4 heteroatoms. The Morgan fingerprint density at radius 2 is 2.14 bits per heavy atom. The summed E-state index contributed by atoms with van der Waals surface area (Å²) in [6, 6.07) is 5.21. The summed E-state index contributed by atoms with van der Waals surface area (Å²) in [6.07, 6.45) is 2.83. The molecule has 0 amide bonds. The maximum Gasteiger partial charge on any atom is 0.170 e. The lowest BCUT2D eigenvalue weighted by atomic mass is 9.72. The Labute approximate surface area is 132 Å². The highest BCUT2D eigenvalue weighted by Gasteiger charge is 2.41. The minimum absolute atomic E-state index is 0.193. The Morgan fingerprint density at radius 1 is 1.43 bits per heavy atom. The normalized spacial score (nSPS) is 22.5. The molecule has 21 heavy (non-hydrogen) atoms. The molecule has 1 fully saturated rings. The van der Waals surface area contributed by atoms with Gasteiger partial charge < -0.3 is 11.1 Å². The van der Waals surface area contributed by atoms with Crippen molar-refractivity contribution in [2.75, 3.05) is 18.8 Å². The number of halogens is 1. The van der Waals surface area contributed by atoms with Crippen molar-refractivity contribution in [1.29, 1.82) is 0 Å². The molecule has 116 valence electrons. The molecule has 0 bridgehead atoms. The molecule has 0 aromatic heterocycles. The van der Waals surface area contributed by atoms with Gasteiger partial charge in [0.2, 0.25) is 0 Å². The lowest BCUT2D eigenvalue weighted by Crippen LogP contribution is -2.34. The fourth-order valence-electron chi connectivity index (χ4n) is 2.85. The molecule has 3 nitrogen and oxygen atoms in total. The molecule has 2 rings (SSSR count). The van der Waals surface area contributed by atoms with Crippen molar-refractivity contribution in [3.05, 3.63) is 28.8 Å². The number of nitrogen functional groups attached to an aromatic ring is 1. The summed E-state index contributed by atoms with van der Waals surface area (Å²) in [4.78, 5) is 13.0. The van der Waals surface area contributed by atoms with Gasteiger partial charge in [0.05, 0.1) is 10.7 Å². The van der Waals surface area contributed by atoms with Gasteiger partial charge in [-0.2, -0.15) is 0 Å². The summed E-state index contributed by atoms with van der Waals surface area (Å²) in [5.41, 5.74) is 6.86. The summed E-state index contributed by atoms with van der Waals surface area (Å²) in [5.74, 6) is 0.193. The third-order valence-electron chi connectivity index (χ3n) is 4.34. The molecule has 0 spiro atoms. The number of ketones is 1. The van der Waals surface area contributed by atoms with Crippen molar-refractivity contribution >= 4 is 23.1 Å². The first-order valence-electron chi connectivity index (χ1n) is 7.54. The number of anilines is 1. The van der Waals surface area contributed by atoms with Crippen molar-refractivity contribution in [3.8, 4) is 0 Å². The maximum atomic E-state index is 13.0. The van der Waals surface area contributed by atoms with Gasteiger partial charge in [0.1, 0.15) is 0 Å². The quantitative estimate of drug-likeness (QED) is 0.655. The molecule has 0 saturated carbocycles. The van der Waals surface area contributed by atoms with Crippen LogP contribution >= 0.6 is 11.6 Å². The van der Waals surface area contributed by atoms with Crippen LogP contribution in [0.15, 0.2) is 18.2 Å². The van der Waals surface area contributed by atoms with Crippen LogP contribution in [0.4, 0.5) is 5.69 Å². The Bertz CT molecular complexity index is 528. The van der Waals surface area contributed by atoms with Crippen LogP contribution in [0.2, 0.25) is 5.02 Å². The largest absolute Gasteiger partial charge is 0.398 e. The molecular formula is C17H25ClN2O. The highest BCUT2D eigenvalue weighted by molar-refractivity contribution is 6.33. The summed E-state index contributed by atoms with van der Waals surface area (Å²) >= 11 is 6.07. The second-order valence-electron chi connectivity index (χ2n) is 7.33. The van der Waals surface area contributed by atoms with Gasteiger partial charge in [0, 0.05) is 17.5 Å². The van der Waals surface area contributed by atoms with Gasteiger partial charge >= 0.3 is 0 Å². The van der Waals surface area contributed by atoms with Crippen LogP contribution in [0.25, 0.3) is 0 Å². The lowest BCUT2D eigenvalue weighted by Gasteiger charge is -2.30. The number of hydrogen-bond acceptors (Lipinski definition) is 3. The van der Waals surface area contributed by atoms with Gasteiger partial charge in [-0.15, -0.1) is 0 Å². The first-order chi connectivity index (χ1) is 9.73. The van der Waals surface area contributed by atoms with Crippen LogP contribution in [-0.2, 0) is 0 Å². The molecule has 1 aromatic rings. The van der Waals surface area contributed by atoms with E-state index in [0.717, 1.165) is 32.4 Å². The van der Waals surface area contributed by atoms with Gasteiger partial charge in [-0.3, -0.25) is 4.79 Å². The summed E-state index contributed by atoms with van der Waals surface area (Å²) < 4.78 is 0. The number of benzene rings is 1. The van der Waals surface area contributed by atoms with E-state index in [1.54, 1.807) is 18.2 Å². The fraction of sp³-hybridized carbons (Fsp3) is 0.588. The molecular weight excluding hydrogens is 284 g/mol. The van der Waals surface area contributed by atoms with E-state index in [2.05, 4.69) is 26.1 Å². The fourth-order valence-corrected chi connectivity index (χ4v) is 3.03. The van der Waals surface area contributed by atoms with Crippen molar-refractivity contribution in [2.45, 2.75) is 40.0 Å². The molecule has 1 aliphatic rings. The van der Waals surface area contributed by atoms with Gasteiger partial charge in [0.15, 0.2) is 5.78 Å². The van der Waals surface area contributed by atoms with Crippen LogP contribution < -0.4 is 11.1 Å². The number of carbonyl (C=O) groups is 1. The first-order valence-corrected chi connectivity index (χ1v) is 7.92. The molecule has 1 heterocycles. The second-order valence-corrected chi connectivity index (χ2v) is 7.74. The van der Waals surface area contributed by atoms with Gasteiger partial charge in [0.25, 0.3) is 0 Å². The lowest BCUT2D eigenvalue weighted by molar-refractivity contribution is 0.0783. The third-order valence-corrected chi connectivity index (χ3v) is 4.67. The topological polar surface area (TPSA) is 55.1 Å². The van der Waals surface area contributed by atoms with E-state index >= 15 is 0 Å². The van der Waals surface area contributed by atoms with Crippen LogP contribution in [0.1, 0.15) is 50.4 Å². The number of hydrogen-bond donors (Lipinski definition) is 2. The van der Waals surface area contributed by atoms with Crippen LogP contribution in [-0.4, -0.2) is 18.9 Å². The van der Waals surface area contributed by atoms with Crippen molar-refractivity contribution < 1.29 is 4.79 Å². The Hall–Kier alpha value is -1.06. The highest BCUT2D eigenvalue weighted by Crippen LogP contribution is 2.39. The average molecular weight is 309 g/mol. The number of Topliss-reactive ketones (excluding diaryl/α,β-unsaturated/α-hetero) is 1. The minimum Gasteiger partial charge on any atom is -0.398 e. The first kappa shape index (κ1) is 16.3. The predicted octanol–water partition coefficient (Wildman–Crippen LogP) is 3.91. The monoisotopic (exact) mass is 308 g/mol.